The van der Waals surface area contributed by atoms with Crippen molar-refractivity contribution in [1.29, 1.82) is 0 Å². The molecular weight excluding hydrogens is 722 g/mol. The topological polar surface area (TPSA) is 107 Å². The molecular formula is C34H44BBrCl2N4O6. The largest absolute Gasteiger partial charge is 0.496 e. The lowest BCUT2D eigenvalue weighted by Gasteiger charge is -2.32. The summed E-state index contributed by atoms with van der Waals surface area (Å²) in [5, 5.41) is 11.8. The highest BCUT2D eigenvalue weighted by Crippen LogP contribution is 2.37. The molecule has 48 heavy (non-hydrogen) atoms. The molecule has 0 unspecified atom stereocenters. The lowest BCUT2D eigenvalue weighted by molar-refractivity contribution is -0.156. The highest BCUT2D eigenvalue weighted by Gasteiger charge is 2.52. The van der Waals surface area contributed by atoms with E-state index in [9.17, 15) is 9.59 Å². The van der Waals surface area contributed by atoms with E-state index in [1.54, 1.807) is 9.36 Å². The molecule has 0 N–H and O–H groups in total. The molecule has 0 bridgehead atoms. The third-order valence-corrected chi connectivity index (χ3v) is 9.48. The highest BCUT2D eigenvalue weighted by molar-refractivity contribution is 9.10. The fourth-order valence-electron chi connectivity index (χ4n) is 4.79. The van der Waals surface area contributed by atoms with Gasteiger partial charge in [0.25, 0.3) is 0 Å². The molecule has 10 nitrogen and oxygen atoms in total. The summed E-state index contributed by atoms with van der Waals surface area (Å²) in [6, 6.07) is 7.52. The second kappa shape index (κ2) is 14.3. The Morgan fingerprint density at radius 1 is 0.771 bits per heavy atom. The van der Waals surface area contributed by atoms with E-state index >= 15 is 0 Å². The second-order valence-electron chi connectivity index (χ2n) is 14.7. The Kier molecular flexibility index (Phi) is 11.4. The van der Waals surface area contributed by atoms with E-state index in [4.69, 9.17) is 42.0 Å². The SMILES string of the molecule is CC(C)(C)OC(=O)CCn1cc2c(Cl)c(B3OC(C)(C)C(C)(C)O3)ccc2n1.CC(C)(C)OC(=O)CCn1cc2c(Cl)c(Br)ccc2n1. The summed E-state index contributed by atoms with van der Waals surface area (Å²) in [4.78, 5) is 23.6. The Labute approximate surface area is 301 Å². The van der Waals surface area contributed by atoms with E-state index in [1.165, 1.54) is 0 Å². The van der Waals surface area contributed by atoms with Crippen LogP contribution in [0.4, 0.5) is 0 Å². The van der Waals surface area contributed by atoms with Gasteiger partial charge in [0.05, 0.1) is 58.2 Å². The van der Waals surface area contributed by atoms with Crippen molar-refractivity contribution in [2.24, 2.45) is 0 Å². The number of hydrogen-bond donors (Lipinski definition) is 0. The molecule has 14 heteroatoms. The Morgan fingerprint density at radius 3 is 1.62 bits per heavy atom. The molecule has 0 saturated carbocycles. The number of carbonyl (C=O) groups is 2. The average molecular weight is 766 g/mol. The van der Waals surface area contributed by atoms with Gasteiger partial charge in [0.15, 0.2) is 0 Å². The third kappa shape index (κ3) is 9.53. The molecule has 3 heterocycles. The number of aryl methyl sites for hydroxylation is 2. The number of nitrogens with zero attached hydrogens (tertiary/aromatic N) is 4. The average Bonchev–Trinajstić information content (AvgIpc) is 3.61. The summed E-state index contributed by atoms with van der Waals surface area (Å²) in [6.07, 6.45) is 4.21. The predicted octanol–water partition coefficient (Wildman–Crippen LogP) is 7.90. The Bertz CT molecular complexity index is 1790. The molecule has 4 aromatic rings. The predicted molar refractivity (Wildman–Crippen MR) is 194 cm³/mol. The maximum atomic E-state index is 11.9. The van der Waals surface area contributed by atoms with Crippen LogP contribution in [0.2, 0.25) is 10.0 Å². The van der Waals surface area contributed by atoms with Crippen molar-refractivity contribution in [2.75, 3.05) is 0 Å². The van der Waals surface area contributed by atoms with E-state index in [-0.39, 0.29) is 24.8 Å². The van der Waals surface area contributed by atoms with Crippen molar-refractivity contribution in [3.05, 3.63) is 51.2 Å². The van der Waals surface area contributed by atoms with E-state index < -0.39 is 29.5 Å². The number of halogens is 3. The highest BCUT2D eigenvalue weighted by atomic mass is 79.9. The van der Waals surface area contributed by atoms with Gasteiger partial charge in [0.2, 0.25) is 0 Å². The molecule has 0 radical (unpaired) electrons. The zero-order valence-electron chi connectivity index (χ0n) is 29.2. The normalized spacial score (nSPS) is 15.8. The molecule has 0 spiro atoms. The molecule has 0 aliphatic carbocycles. The fraction of sp³-hybridized carbons (Fsp3) is 0.529. The first-order valence-corrected chi connectivity index (χ1v) is 17.4. The lowest BCUT2D eigenvalue weighted by Crippen LogP contribution is -2.41. The number of aromatic nitrogens is 4. The number of esters is 2. The van der Waals surface area contributed by atoms with Crippen LogP contribution in [0, 0.1) is 0 Å². The van der Waals surface area contributed by atoms with Crippen molar-refractivity contribution in [1.82, 2.24) is 19.6 Å². The quantitative estimate of drug-likeness (QED) is 0.138. The molecule has 1 saturated heterocycles. The summed E-state index contributed by atoms with van der Waals surface area (Å²) < 4.78 is 27.1. The maximum absolute atomic E-state index is 11.9. The molecule has 1 aliphatic rings. The van der Waals surface area contributed by atoms with Crippen LogP contribution in [-0.2, 0) is 41.5 Å². The van der Waals surface area contributed by atoms with Gasteiger partial charge in [-0.2, -0.15) is 10.2 Å². The fourth-order valence-corrected chi connectivity index (χ4v) is 5.64. The minimum atomic E-state index is -0.535. The lowest BCUT2D eigenvalue weighted by atomic mass is 9.78. The molecule has 2 aromatic carbocycles. The van der Waals surface area contributed by atoms with Crippen molar-refractivity contribution in [3.63, 3.8) is 0 Å². The van der Waals surface area contributed by atoms with Gasteiger partial charge in [-0.05, 0) is 103 Å². The molecule has 1 aliphatic heterocycles. The number of hydrogen-bond acceptors (Lipinski definition) is 8. The van der Waals surface area contributed by atoms with Gasteiger partial charge in [-0.1, -0.05) is 29.3 Å². The van der Waals surface area contributed by atoms with E-state index in [0.29, 0.717) is 23.1 Å². The maximum Gasteiger partial charge on any atom is 0.496 e. The Morgan fingerprint density at radius 2 is 1.19 bits per heavy atom. The standard InChI is InChI=1S/C20H28BClN2O4.C14H16BrClN2O2/c1-18(2,3)26-16(25)10-11-24-12-13-15(23-24)9-8-14(17(13)22)21-27-19(4,5)20(6,7)28-21;1-14(2,3)20-12(19)6-7-18-8-9-11(17-18)5-4-10(15)13(9)16/h8-9,12H,10-11H2,1-7H3;4-5,8H,6-7H2,1-3H3. The van der Waals surface area contributed by atoms with Gasteiger partial charge in [-0.25, -0.2) is 0 Å². The van der Waals surface area contributed by atoms with Gasteiger partial charge in [0, 0.05) is 33.1 Å². The van der Waals surface area contributed by atoms with Gasteiger partial charge < -0.3 is 18.8 Å². The molecule has 5 rings (SSSR count). The van der Waals surface area contributed by atoms with Crippen LogP contribution < -0.4 is 5.46 Å². The molecule has 2 aromatic heterocycles. The molecule has 1 fully saturated rings. The summed E-state index contributed by atoms with van der Waals surface area (Å²) in [5.41, 5.74) is 0.519. The van der Waals surface area contributed by atoms with Crippen LogP contribution in [0.15, 0.2) is 41.1 Å². The first-order valence-electron chi connectivity index (χ1n) is 15.8. The van der Waals surface area contributed by atoms with Gasteiger partial charge in [-0.15, -0.1) is 0 Å². The van der Waals surface area contributed by atoms with Crippen LogP contribution in [0.5, 0.6) is 0 Å². The zero-order valence-corrected chi connectivity index (χ0v) is 32.3. The second-order valence-corrected chi connectivity index (χ2v) is 16.4. The minimum absolute atomic E-state index is 0.232. The summed E-state index contributed by atoms with van der Waals surface area (Å²) in [7, 11) is -0.535. The van der Waals surface area contributed by atoms with Crippen LogP contribution in [0.3, 0.4) is 0 Å². The molecule has 0 amide bonds. The Balaban J connectivity index is 0.000000229. The Hall–Kier alpha value is -2.64. The van der Waals surface area contributed by atoms with E-state index in [1.807, 2.05) is 106 Å². The van der Waals surface area contributed by atoms with Crippen LogP contribution in [-0.4, -0.2) is 61.0 Å². The van der Waals surface area contributed by atoms with Crippen molar-refractivity contribution in [3.8, 4) is 0 Å². The first-order chi connectivity index (χ1) is 22.0. The summed E-state index contributed by atoms with van der Waals surface area (Å²) in [6.45, 7) is 20.0. The van der Waals surface area contributed by atoms with E-state index in [2.05, 4.69) is 26.1 Å². The van der Waals surface area contributed by atoms with Crippen molar-refractivity contribution >= 4 is 85.5 Å². The summed E-state index contributed by atoms with van der Waals surface area (Å²) >= 11 is 16.2. The summed E-state index contributed by atoms with van der Waals surface area (Å²) in [5.74, 6) is -0.486. The molecule has 0 atom stereocenters. The molecule has 260 valence electrons. The zero-order chi connectivity index (χ0) is 35.8. The number of rotatable bonds is 7. The van der Waals surface area contributed by atoms with Crippen LogP contribution in [0.1, 0.15) is 82.1 Å². The van der Waals surface area contributed by atoms with Gasteiger partial charge in [-0.3, -0.25) is 19.0 Å². The monoisotopic (exact) mass is 764 g/mol. The third-order valence-electron chi connectivity index (χ3n) is 7.76. The van der Waals surface area contributed by atoms with Crippen LogP contribution >= 0.6 is 39.1 Å². The number of carbonyl (C=O) groups excluding carboxylic acids is 2. The smallest absolute Gasteiger partial charge is 0.460 e. The van der Waals surface area contributed by atoms with Gasteiger partial charge in [0.1, 0.15) is 11.2 Å². The number of benzene rings is 2. The van der Waals surface area contributed by atoms with Crippen molar-refractivity contribution < 1.29 is 28.4 Å². The first kappa shape index (κ1) is 38.2. The van der Waals surface area contributed by atoms with E-state index in [0.717, 1.165) is 31.7 Å². The minimum Gasteiger partial charge on any atom is -0.460 e. The number of fused-ring (bicyclic) bond motifs is 2. The van der Waals surface area contributed by atoms with Crippen LogP contribution in [0.25, 0.3) is 21.8 Å². The number of ether oxygens (including phenoxy) is 2. The van der Waals surface area contributed by atoms with Gasteiger partial charge >= 0.3 is 19.1 Å². The van der Waals surface area contributed by atoms with Crippen molar-refractivity contribution in [2.45, 2.75) is 118 Å².